The molecular weight excluding hydrogens is 431 g/mol. The first-order valence-corrected chi connectivity index (χ1v) is 21.1. The minimum atomic E-state index is -1.41. The van der Waals surface area contributed by atoms with Crippen molar-refractivity contribution in [2.45, 2.75) is 193 Å². The summed E-state index contributed by atoms with van der Waals surface area (Å²) in [5, 5.41) is 0. The topological polar surface area (TPSA) is 12.0 Å². The molecular formula is C30H67NSi2. The maximum Gasteiger partial charge on any atom is 0.119 e. The van der Waals surface area contributed by atoms with E-state index in [-0.39, 0.29) is 0 Å². The van der Waals surface area contributed by atoms with E-state index in [1.54, 1.807) is 36.3 Å². The Labute approximate surface area is 214 Å². The molecule has 200 valence electrons. The Morgan fingerprint density at radius 3 is 0.636 bits per heavy atom. The highest BCUT2D eigenvalue weighted by molar-refractivity contribution is 6.93. The maximum atomic E-state index is 4.91. The van der Waals surface area contributed by atoms with Gasteiger partial charge in [0.25, 0.3) is 0 Å². The van der Waals surface area contributed by atoms with E-state index in [9.17, 15) is 0 Å². The number of rotatable bonds is 26. The van der Waals surface area contributed by atoms with Crippen LogP contribution in [0.3, 0.4) is 0 Å². The lowest BCUT2D eigenvalue weighted by Gasteiger charge is -2.45. The van der Waals surface area contributed by atoms with Gasteiger partial charge in [-0.05, 0) is 36.3 Å². The summed E-state index contributed by atoms with van der Waals surface area (Å²) in [6.07, 6.45) is 26.0. The van der Waals surface area contributed by atoms with Crippen LogP contribution in [0.25, 0.3) is 0 Å². The first-order valence-electron chi connectivity index (χ1n) is 15.9. The normalized spacial score (nSPS) is 12.5. The van der Waals surface area contributed by atoms with Crippen LogP contribution in [0, 0.1) is 0 Å². The number of nitrogens with one attached hydrogen (secondary N) is 1. The highest BCUT2D eigenvalue weighted by atomic mass is 28.4. The molecule has 0 bridgehead atoms. The molecule has 0 amide bonds. The van der Waals surface area contributed by atoms with Gasteiger partial charge >= 0.3 is 0 Å². The molecule has 3 heteroatoms. The molecule has 0 heterocycles. The first-order chi connectivity index (χ1) is 16.1. The third-order valence-corrected chi connectivity index (χ3v) is 20.2. The second kappa shape index (κ2) is 22.8. The van der Waals surface area contributed by atoms with Crippen LogP contribution in [-0.2, 0) is 0 Å². The van der Waals surface area contributed by atoms with E-state index >= 15 is 0 Å². The monoisotopic (exact) mass is 497 g/mol. The van der Waals surface area contributed by atoms with Gasteiger partial charge in [0.15, 0.2) is 0 Å². The third kappa shape index (κ3) is 16.7. The predicted octanol–water partition coefficient (Wildman–Crippen LogP) is 11.6. The SMILES string of the molecule is CCCCC[Si](CCCCC)(CCCCC)N[Si](CCCCC)(CCCCC)CCCCC. The van der Waals surface area contributed by atoms with E-state index in [1.165, 1.54) is 116 Å². The van der Waals surface area contributed by atoms with Crippen LogP contribution in [0.2, 0.25) is 36.3 Å². The molecule has 33 heavy (non-hydrogen) atoms. The summed E-state index contributed by atoms with van der Waals surface area (Å²) < 4.78 is 4.91. The van der Waals surface area contributed by atoms with Crippen LogP contribution < -0.4 is 4.65 Å². The van der Waals surface area contributed by atoms with Crippen molar-refractivity contribution in [3.05, 3.63) is 0 Å². The van der Waals surface area contributed by atoms with E-state index in [0.717, 1.165) is 0 Å². The zero-order valence-corrected chi connectivity index (χ0v) is 26.5. The molecule has 0 spiro atoms. The Morgan fingerprint density at radius 1 is 0.303 bits per heavy atom. The molecule has 1 nitrogen and oxygen atoms in total. The van der Waals surface area contributed by atoms with Crippen LogP contribution in [0.5, 0.6) is 0 Å². The number of hydrogen-bond donors (Lipinski definition) is 1. The quantitative estimate of drug-likeness (QED) is 0.0925. The lowest BCUT2D eigenvalue weighted by molar-refractivity contribution is 0.690. The van der Waals surface area contributed by atoms with Gasteiger partial charge in [-0.3, -0.25) is 0 Å². The van der Waals surface area contributed by atoms with Gasteiger partial charge in [0.1, 0.15) is 16.5 Å². The third-order valence-electron chi connectivity index (χ3n) is 8.08. The summed E-state index contributed by atoms with van der Waals surface area (Å²) in [4.78, 5) is 0. The zero-order valence-electron chi connectivity index (χ0n) is 24.5. The van der Waals surface area contributed by atoms with Crippen LogP contribution in [0.1, 0.15) is 157 Å². The van der Waals surface area contributed by atoms with E-state index < -0.39 is 16.5 Å². The minimum absolute atomic E-state index is 1.38. The van der Waals surface area contributed by atoms with E-state index in [4.69, 9.17) is 4.65 Å². The highest BCUT2D eigenvalue weighted by Gasteiger charge is 2.41. The van der Waals surface area contributed by atoms with Crippen LogP contribution in [0.15, 0.2) is 0 Å². The molecule has 0 saturated carbocycles. The Kier molecular flexibility index (Phi) is 23.1. The lowest BCUT2D eigenvalue weighted by Crippen LogP contribution is -2.64. The Bertz CT molecular complexity index is 310. The summed E-state index contributed by atoms with van der Waals surface area (Å²) in [6, 6.07) is 9.49. The lowest BCUT2D eigenvalue weighted by atomic mass is 10.3. The Morgan fingerprint density at radius 2 is 0.485 bits per heavy atom. The Balaban J connectivity index is 5.91. The molecule has 0 aromatic carbocycles. The molecule has 0 saturated heterocycles. The average molecular weight is 498 g/mol. The summed E-state index contributed by atoms with van der Waals surface area (Å²) in [5.41, 5.74) is 0. The van der Waals surface area contributed by atoms with E-state index in [2.05, 4.69) is 41.5 Å². The first kappa shape index (κ1) is 33.4. The highest BCUT2D eigenvalue weighted by Crippen LogP contribution is 2.34. The number of hydrogen-bond acceptors (Lipinski definition) is 1. The molecule has 0 aliphatic rings. The maximum absolute atomic E-state index is 4.91. The second-order valence-corrected chi connectivity index (χ2v) is 20.5. The summed E-state index contributed by atoms with van der Waals surface area (Å²) in [7, 11) is -2.82. The summed E-state index contributed by atoms with van der Waals surface area (Å²) in [5.74, 6) is 0. The largest absolute Gasteiger partial charge is 0.359 e. The molecule has 0 fully saturated rings. The van der Waals surface area contributed by atoms with Crippen molar-refractivity contribution < 1.29 is 0 Å². The van der Waals surface area contributed by atoms with Gasteiger partial charge < -0.3 is 4.65 Å². The van der Waals surface area contributed by atoms with Gasteiger partial charge in [-0.25, -0.2) is 0 Å². The zero-order chi connectivity index (χ0) is 24.7. The van der Waals surface area contributed by atoms with Crippen molar-refractivity contribution in [3.8, 4) is 0 Å². The van der Waals surface area contributed by atoms with Crippen molar-refractivity contribution in [2.24, 2.45) is 0 Å². The Hall–Kier alpha value is 0.394. The summed E-state index contributed by atoms with van der Waals surface area (Å²) >= 11 is 0. The fourth-order valence-corrected chi connectivity index (χ4v) is 20.5. The molecule has 0 radical (unpaired) electrons. The van der Waals surface area contributed by atoms with Crippen molar-refractivity contribution in [1.29, 1.82) is 0 Å². The smallest absolute Gasteiger partial charge is 0.119 e. The van der Waals surface area contributed by atoms with Gasteiger partial charge in [0, 0.05) is 0 Å². The predicted molar refractivity (Wildman–Crippen MR) is 161 cm³/mol. The van der Waals surface area contributed by atoms with Crippen LogP contribution >= 0.6 is 0 Å². The molecule has 0 rings (SSSR count). The van der Waals surface area contributed by atoms with Gasteiger partial charge in [-0.15, -0.1) is 0 Å². The molecule has 1 N–H and O–H groups in total. The molecule has 0 atom stereocenters. The molecule has 0 aliphatic carbocycles. The molecule has 0 aromatic rings. The van der Waals surface area contributed by atoms with Crippen molar-refractivity contribution in [2.75, 3.05) is 0 Å². The standard InChI is InChI=1S/C30H67NSi2/c1-7-13-19-25-32(26-20-14-8-2,27-21-15-9-3)31-33(28-22-16-10-4,29-23-17-11-5)30-24-18-12-6/h31H,7-30H2,1-6H3. The van der Waals surface area contributed by atoms with Gasteiger partial charge in [-0.1, -0.05) is 157 Å². The summed E-state index contributed by atoms with van der Waals surface area (Å²) in [6.45, 7) is 14.4. The second-order valence-electron chi connectivity index (χ2n) is 11.4. The van der Waals surface area contributed by atoms with Gasteiger partial charge in [-0.2, -0.15) is 0 Å². The van der Waals surface area contributed by atoms with Crippen LogP contribution in [-0.4, -0.2) is 16.5 Å². The molecule has 0 aliphatic heterocycles. The average Bonchev–Trinajstić information content (AvgIpc) is 2.80. The van der Waals surface area contributed by atoms with E-state index in [1.807, 2.05) is 0 Å². The van der Waals surface area contributed by atoms with Crippen LogP contribution in [0.4, 0.5) is 0 Å². The van der Waals surface area contributed by atoms with E-state index in [0.29, 0.717) is 0 Å². The van der Waals surface area contributed by atoms with Gasteiger partial charge in [0.05, 0.1) is 0 Å². The van der Waals surface area contributed by atoms with Gasteiger partial charge in [0.2, 0.25) is 0 Å². The minimum Gasteiger partial charge on any atom is -0.359 e. The fourth-order valence-electron chi connectivity index (χ4n) is 5.97. The van der Waals surface area contributed by atoms with Crippen molar-refractivity contribution in [1.82, 2.24) is 4.65 Å². The van der Waals surface area contributed by atoms with Crippen molar-refractivity contribution >= 4 is 16.5 Å². The molecule has 0 aromatic heterocycles. The fraction of sp³-hybridized carbons (Fsp3) is 1.00. The van der Waals surface area contributed by atoms with Crippen molar-refractivity contribution in [3.63, 3.8) is 0 Å². The molecule has 0 unspecified atom stereocenters. The number of unbranched alkanes of at least 4 members (excludes halogenated alkanes) is 12.